The predicted molar refractivity (Wildman–Crippen MR) is 72.8 cm³/mol. The Morgan fingerprint density at radius 2 is 2.17 bits per heavy atom. The summed E-state index contributed by atoms with van der Waals surface area (Å²) in [5.74, 6) is 0.579. The number of nitrogens with zero attached hydrogens (tertiary/aromatic N) is 2. The second kappa shape index (κ2) is 4.94. The van der Waals surface area contributed by atoms with Crippen molar-refractivity contribution < 1.29 is 0 Å². The van der Waals surface area contributed by atoms with Crippen LogP contribution >= 0.6 is 11.6 Å². The number of nitrogens with two attached hydrogens (primary N) is 1. The fourth-order valence-electron chi connectivity index (χ4n) is 1.49. The van der Waals surface area contributed by atoms with E-state index in [1.165, 1.54) is 0 Å². The number of hydrogen-bond donors (Lipinski definition) is 2. The average Bonchev–Trinajstić information content (AvgIpc) is 2.35. The van der Waals surface area contributed by atoms with Gasteiger partial charge in [-0.1, -0.05) is 11.6 Å². The normalized spacial score (nSPS) is 9.83. The number of halogens is 1. The lowest BCUT2D eigenvalue weighted by Crippen LogP contribution is -2.00. The molecule has 0 radical (unpaired) electrons. The molecule has 1 aromatic heterocycles. The molecule has 0 amide bonds. The van der Waals surface area contributed by atoms with Crippen molar-refractivity contribution in [2.75, 3.05) is 11.1 Å². The summed E-state index contributed by atoms with van der Waals surface area (Å²) in [5, 5.41) is 12.3. The van der Waals surface area contributed by atoms with Crippen molar-refractivity contribution in [1.29, 1.82) is 5.26 Å². The maximum Gasteiger partial charge on any atom is 0.153 e. The van der Waals surface area contributed by atoms with E-state index in [9.17, 15) is 0 Å². The van der Waals surface area contributed by atoms with E-state index in [4.69, 9.17) is 22.6 Å². The Labute approximate surface area is 110 Å². The van der Waals surface area contributed by atoms with Crippen molar-refractivity contribution in [2.24, 2.45) is 0 Å². The molecular formula is C13H11ClN4. The number of aromatic nitrogens is 1. The topological polar surface area (TPSA) is 74.7 Å². The van der Waals surface area contributed by atoms with Gasteiger partial charge in [-0.3, -0.25) is 0 Å². The number of nitrogens with one attached hydrogen (secondary N) is 1. The molecule has 0 bridgehead atoms. The van der Waals surface area contributed by atoms with Crippen LogP contribution in [0.15, 0.2) is 30.5 Å². The lowest BCUT2D eigenvalue weighted by molar-refractivity contribution is 1.28. The highest BCUT2D eigenvalue weighted by Crippen LogP contribution is 2.26. The Kier molecular flexibility index (Phi) is 3.35. The zero-order valence-corrected chi connectivity index (χ0v) is 10.5. The van der Waals surface area contributed by atoms with Crippen LogP contribution in [-0.2, 0) is 0 Å². The average molecular weight is 259 g/mol. The van der Waals surface area contributed by atoms with E-state index in [-0.39, 0.29) is 0 Å². The number of nitriles is 1. The first kappa shape index (κ1) is 12.2. The van der Waals surface area contributed by atoms with Crippen molar-refractivity contribution >= 4 is 28.8 Å². The summed E-state index contributed by atoms with van der Waals surface area (Å²) in [5.41, 5.74) is 8.64. The zero-order valence-electron chi connectivity index (χ0n) is 9.74. The van der Waals surface area contributed by atoms with Crippen molar-refractivity contribution in [3.63, 3.8) is 0 Å². The van der Waals surface area contributed by atoms with E-state index in [2.05, 4.69) is 10.3 Å². The van der Waals surface area contributed by atoms with Gasteiger partial charge in [0.2, 0.25) is 0 Å². The highest BCUT2D eigenvalue weighted by atomic mass is 35.5. The molecule has 0 aliphatic carbocycles. The number of aryl methyl sites for hydroxylation is 1. The number of pyridine rings is 1. The zero-order chi connectivity index (χ0) is 13.1. The minimum atomic E-state index is 0.397. The summed E-state index contributed by atoms with van der Waals surface area (Å²) in [6.45, 7) is 1.91. The third-order valence-corrected chi connectivity index (χ3v) is 2.87. The Hall–Kier alpha value is -2.25. The van der Waals surface area contributed by atoms with E-state index in [1.54, 1.807) is 24.4 Å². The molecule has 0 unspecified atom stereocenters. The van der Waals surface area contributed by atoms with Crippen LogP contribution in [0.3, 0.4) is 0 Å². The van der Waals surface area contributed by atoms with E-state index in [0.717, 1.165) is 11.3 Å². The molecule has 0 spiro atoms. The minimum absolute atomic E-state index is 0.397. The SMILES string of the molecule is Cc1ccnc(Nc2ccc(C#N)c(Cl)c2)c1N. The first-order chi connectivity index (χ1) is 8.61. The van der Waals surface area contributed by atoms with E-state index in [1.807, 2.05) is 19.1 Å². The first-order valence-corrected chi connectivity index (χ1v) is 5.67. The molecule has 1 heterocycles. The maximum absolute atomic E-state index is 8.79. The molecule has 3 N–H and O–H groups in total. The van der Waals surface area contributed by atoms with Gasteiger partial charge in [0.25, 0.3) is 0 Å². The van der Waals surface area contributed by atoms with Gasteiger partial charge in [-0.25, -0.2) is 4.98 Å². The molecule has 0 saturated heterocycles. The second-order valence-electron chi connectivity index (χ2n) is 3.82. The van der Waals surface area contributed by atoms with Crippen molar-refractivity contribution in [3.05, 3.63) is 46.6 Å². The van der Waals surface area contributed by atoms with E-state index in [0.29, 0.717) is 22.1 Å². The molecule has 2 aromatic rings. The molecule has 2 rings (SSSR count). The number of nitrogen functional groups attached to an aromatic ring is 1. The molecule has 4 nitrogen and oxygen atoms in total. The largest absolute Gasteiger partial charge is 0.396 e. The quantitative estimate of drug-likeness (QED) is 0.867. The fourth-order valence-corrected chi connectivity index (χ4v) is 1.71. The van der Waals surface area contributed by atoms with Crippen LogP contribution in [0.5, 0.6) is 0 Å². The fraction of sp³-hybridized carbons (Fsp3) is 0.0769. The van der Waals surface area contributed by atoms with Crippen LogP contribution in [0.4, 0.5) is 17.2 Å². The summed E-state index contributed by atoms with van der Waals surface area (Å²) < 4.78 is 0. The summed E-state index contributed by atoms with van der Waals surface area (Å²) in [6.07, 6.45) is 1.68. The van der Waals surface area contributed by atoms with Gasteiger partial charge < -0.3 is 11.1 Å². The first-order valence-electron chi connectivity index (χ1n) is 5.29. The molecule has 90 valence electrons. The van der Waals surface area contributed by atoms with E-state index < -0.39 is 0 Å². The summed E-state index contributed by atoms with van der Waals surface area (Å²) in [6, 6.07) is 8.92. The highest BCUT2D eigenvalue weighted by molar-refractivity contribution is 6.32. The maximum atomic E-state index is 8.79. The number of hydrogen-bond acceptors (Lipinski definition) is 4. The van der Waals surface area contributed by atoms with Crippen LogP contribution in [0, 0.1) is 18.3 Å². The highest BCUT2D eigenvalue weighted by Gasteiger charge is 2.05. The number of anilines is 3. The van der Waals surface area contributed by atoms with Gasteiger partial charge in [-0.2, -0.15) is 5.26 Å². The molecule has 0 fully saturated rings. The molecule has 0 saturated carbocycles. The monoisotopic (exact) mass is 258 g/mol. The second-order valence-corrected chi connectivity index (χ2v) is 4.23. The Bertz CT molecular complexity index is 631. The van der Waals surface area contributed by atoms with Crippen molar-refractivity contribution in [1.82, 2.24) is 4.98 Å². The van der Waals surface area contributed by atoms with Crippen LogP contribution in [0.2, 0.25) is 5.02 Å². The molecule has 18 heavy (non-hydrogen) atoms. The Morgan fingerprint density at radius 3 is 2.83 bits per heavy atom. The van der Waals surface area contributed by atoms with Gasteiger partial charge in [0.05, 0.1) is 16.3 Å². The molecule has 1 aromatic carbocycles. The Morgan fingerprint density at radius 1 is 1.39 bits per heavy atom. The smallest absolute Gasteiger partial charge is 0.153 e. The van der Waals surface area contributed by atoms with Gasteiger partial charge in [0, 0.05) is 11.9 Å². The number of rotatable bonds is 2. The minimum Gasteiger partial charge on any atom is -0.396 e. The molecule has 0 atom stereocenters. The van der Waals surface area contributed by atoms with Crippen LogP contribution < -0.4 is 11.1 Å². The molecular weight excluding hydrogens is 248 g/mol. The lowest BCUT2D eigenvalue weighted by Gasteiger charge is -2.10. The molecule has 0 aliphatic rings. The number of benzene rings is 1. The van der Waals surface area contributed by atoms with Crippen molar-refractivity contribution in [2.45, 2.75) is 6.92 Å². The van der Waals surface area contributed by atoms with Gasteiger partial charge >= 0.3 is 0 Å². The van der Waals surface area contributed by atoms with Gasteiger partial charge in [-0.15, -0.1) is 0 Å². The van der Waals surface area contributed by atoms with Gasteiger partial charge in [0.15, 0.2) is 5.82 Å². The predicted octanol–water partition coefficient (Wildman–Crippen LogP) is 3.24. The lowest BCUT2D eigenvalue weighted by atomic mass is 10.2. The third-order valence-electron chi connectivity index (χ3n) is 2.56. The third kappa shape index (κ3) is 2.36. The summed E-state index contributed by atoms with van der Waals surface area (Å²) in [4.78, 5) is 4.16. The Balaban J connectivity index is 2.32. The standard InChI is InChI=1S/C13H11ClN4/c1-8-4-5-17-13(12(8)16)18-10-3-2-9(7-15)11(14)6-10/h2-6H,16H2,1H3,(H,17,18). The summed E-state index contributed by atoms with van der Waals surface area (Å²) >= 11 is 5.95. The van der Waals surface area contributed by atoms with Crippen LogP contribution in [-0.4, -0.2) is 4.98 Å². The van der Waals surface area contributed by atoms with Crippen molar-refractivity contribution in [3.8, 4) is 6.07 Å². The summed E-state index contributed by atoms with van der Waals surface area (Å²) in [7, 11) is 0. The van der Waals surface area contributed by atoms with Crippen LogP contribution in [0.25, 0.3) is 0 Å². The van der Waals surface area contributed by atoms with Gasteiger partial charge in [0.1, 0.15) is 6.07 Å². The van der Waals surface area contributed by atoms with Crippen LogP contribution in [0.1, 0.15) is 11.1 Å². The van der Waals surface area contributed by atoms with Gasteiger partial charge in [-0.05, 0) is 36.8 Å². The molecule has 0 aliphatic heterocycles. The molecule has 5 heteroatoms. The van der Waals surface area contributed by atoms with E-state index >= 15 is 0 Å².